The molecule has 2 heterocycles. The van der Waals surface area contributed by atoms with Crippen LogP contribution in [0.4, 0.5) is 0 Å². The van der Waals surface area contributed by atoms with E-state index in [0.29, 0.717) is 58.9 Å². The predicted molar refractivity (Wildman–Crippen MR) is 114 cm³/mol. The summed E-state index contributed by atoms with van der Waals surface area (Å²) in [4.78, 5) is 15.7. The molecule has 0 amide bonds. The third kappa shape index (κ3) is 3.80. The fraction of sp³-hybridized carbons (Fsp3) is 0.348. The van der Waals surface area contributed by atoms with Crippen molar-refractivity contribution in [3.63, 3.8) is 0 Å². The minimum Gasteiger partial charge on any atom is -0.508 e. The van der Waals surface area contributed by atoms with Crippen molar-refractivity contribution in [2.24, 2.45) is 0 Å². The molecular formula is C23H25NO7. The molecule has 1 aliphatic heterocycles. The van der Waals surface area contributed by atoms with Gasteiger partial charge in [0.05, 0.1) is 45.7 Å². The summed E-state index contributed by atoms with van der Waals surface area (Å²) >= 11 is 0. The van der Waals surface area contributed by atoms with Crippen LogP contribution in [-0.2, 0) is 11.3 Å². The minimum absolute atomic E-state index is 0.119. The van der Waals surface area contributed by atoms with Gasteiger partial charge in [-0.15, -0.1) is 0 Å². The molecule has 0 atom stereocenters. The highest BCUT2D eigenvalue weighted by molar-refractivity contribution is 6.18. The number of methoxy groups -OCH3 is 3. The number of rotatable bonds is 7. The number of phenolic OH excluding ortho intramolecular Hbond substituents is 1. The molecule has 3 aromatic rings. The van der Waals surface area contributed by atoms with E-state index in [1.165, 1.54) is 27.6 Å². The second-order valence-electron chi connectivity index (χ2n) is 7.19. The maximum Gasteiger partial charge on any atom is 0.204 e. The Morgan fingerprint density at radius 2 is 1.74 bits per heavy atom. The third-order valence-electron chi connectivity index (χ3n) is 5.50. The van der Waals surface area contributed by atoms with E-state index in [9.17, 15) is 9.90 Å². The van der Waals surface area contributed by atoms with Crippen LogP contribution in [0.5, 0.6) is 23.0 Å². The molecular weight excluding hydrogens is 402 g/mol. The van der Waals surface area contributed by atoms with E-state index in [1.54, 1.807) is 24.3 Å². The number of morpholine rings is 1. The van der Waals surface area contributed by atoms with Gasteiger partial charge in [-0.05, 0) is 24.3 Å². The number of fused-ring (bicyclic) bond motifs is 1. The number of aromatic hydroxyl groups is 1. The molecule has 0 saturated carbocycles. The molecule has 1 fully saturated rings. The first-order valence-corrected chi connectivity index (χ1v) is 9.94. The molecule has 2 aromatic carbocycles. The number of furan rings is 1. The van der Waals surface area contributed by atoms with Crippen LogP contribution in [0, 0.1) is 0 Å². The molecule has 1 aromatic heterocycles. The van der Waals surface area contributed by atoms with E-state index in [2.05, 4.69) is 4.90 Å². The standard InChI is InChI=1S/C23H25NO7/c1-27-19-6-4-14(22(28-2)23(19)29-3)21(26)16-13-31-18-7-5-17(25)15(20(16)18)12-24-8-10-30-11-9-24/h4-7,13,25H,8-12H2,1-3H3. The van der Waals surface area contributed by atoms with Gasteiger partial charge in [-0.3, -0.25) is 9.69 Å². The predicted octanol–water partition coefficient (Wildman–Crippen LogP) is 3.23. The largest absolute Gasteiger partial charge is 0.508 e. The van der Waals surface area contributed by atoms with Crippen molar-refractivity contribution in [2.75, 3.05) is 47.6 Å². The lowest BCUT2D eigenvalue weighted by Crippen LogP contribution is -2.35. The lowest BCUT2D eigenvalue weighted by Gasteiger charge is -2.27. The van der Waals surface area contributed by atoms with Gasteiger partial charge >= 0.3 is 0 Å². The Hall–Kier alpha value is -3.23. The minimum atomic E-state index is -0.301. The number of ether oxygens (including phenoxy) is 4. The van der Waals surface area contributed by atoms with Crippen molar-refractivity contribution in [1.82, 2.24) is 4.90 Å². The van der Waals surface area contributed by atoms with Crippen molar-refractivity contribution >= 4 is 16.8 Å². The van der Waals surface area contributed by atoms with Crippen LogP contribution in [0.1, 0.15) is 21.5 Å². The molecule has 164 valence electrons. The van der Waals surface area contributed by atoms with Crippen LogP contribution in [0.3, 0.4) is 0 Å². The van der Waals surface area contributed by atoms with Gasteiger partial charge in [-0.1, -0.05) is 0 Å². The van der Waals surface area contributed by atoms with Gasteiger partial charge in [0.25, 0.3) is 0 Å². The number of carbonyl (C=O) groups is 1. The average molecular weight is 427 g/mol. The van der Waals surface area contributed by atoms with Crippen LogP contribution in [0.2, 0.25) is 0 Å². The molecule has 31 heavy (non-hydrogen) atoms. The Labute approximate surface area is 179 Å². The second kappa shape index (κ2) is 8.87. The number of phenols is 1. The van der Waals surface area contributed by atoms with Crippen molar-refractivity contribution in [1.29, 1.82) is 0 Å². The van der Waals surface area contributed by atoms with Crippen LogP contribution in [-0.4, -0.2) is 63.4 Å². The van der Waals surface area contributed by atoms with Gasteiger partial charge in [0.2, 0.25) is 11.5 Å². The summed E-state index contributed by atoms with van der Waals surface area (Å²) in [7, 11) is 4.47. The number of ketones is 1. The summed E-state index contributed by atoms with van der Waals surface area (Å²) in [6, 6.07) is 6.54. The molecule has 8 nitrogen and oxygen atoms in total. The number of nitrogens with zero attached hydrogens (tertiary/aromatic N) is 1. The van der Waals surface area contributed by atoms with E-state index in [0.717, 1.165) is 13.1 Å². The van der Waals surface area contributed by atoms with E-state index < -0.39 is 0 Å². The van der Waals surface area contributed by atoms with E-state index in [4.69, 9.17) is 23.4 Å². The summed E-state index contributed by atoms with van der Waals surface area (Å²) < 4.78 is 27.3. The monoisotopic (exact) mass is 427 g/mol. The number of hydrogen-bond donors (Lipinski definition) is 1. The summed E-state index contributed by atoms with van der Waals surface area (Å²) in [5, 5.41) is 11.2. The normalized spacial score (nSPS) is 14.5. The molecule has 0 aliphatic carbocycles. The van der Waals surface area contributed by atoms with E-state index in [1.807, 2.05) is 0 Å². The number of carbonyl (C=O) groups excluding carboxylic acids is 1. The summed E-state index contributed by atoms with van der Waals surface area (Å²) in [6.45, 7) is 3.25. The zero-order valence-electron chi connectivity index (χ0n) is 17.8. The van der Waals surface area contributed by atoms with Crippen molar-refractivity contribution in [3.05, 3.63) is 47.2 Å². The van der Waals surface area contributed by atoms with Crippen molar-refractivity contribution < 1.29 is 33.3 Å². The maximum absolute atomic E-state index is 13.6. The average Bonchev–Trinajstić information content (AvgIpc) is 3.24. The van der Waals surface area contributed by atoms with Crippen LogP contribution in [0.25, 0.3) is 11.0 Å². The van der Waals surface area contributed by atoms with Gasteiger partial charge in [-0.2, -0.15) is 0 Å². The highest BCUT2D eigenvalue weighted by Gasteiger charge is 2.27. The quantitative estimate of drug-likeness (QED) is 0.575. The van der Waals surface area contributed by atoms with Crippen molar-refractivity contribution in [3.8, 4) is 23.0 Å². The fourth-order valence-corrected chi connectivity index (χ4v) is 3.93. The summed E-state index contributed by atoms with van der Waals surface area (Å²) in [5.74, 6) is 0.883. The molecule has 1 saturated heterocycles. The molecule has 1 aliphatic rings. The highest BCUT2D eigenvalue weighted by Crippen LogP contribution is 2.42. The van der Waals surface area contributed by atoms with E-state index in [-0.39, 0.29) is 17.3 Å². The molecule has 0 radical (unpaired) electrons. The first kappa shape index (κ1) is 21.0. The number of hydrogen-bond acceptors (Lipinski definition) is 8. The number of benzene rings is 2. The van der Waals surface area contributed by atoms with Crippen molar-refractivity contribution in [2.45, 2.75) is 6.54 Å². The van der Waals surface area contributed by atoms with Gasteiger partial charge in [0, 0.05) is 30.6 Å². The molecule has 0 spiro atoms. The lowest BCUT2D eigenvalue weighted by molar-refractivity contribution is 0.0340. The molecule has 8 heteroatoms. The molecule has 0 bridgehead atoms. The van der Waals surface area contributed by atoms with Gasteiger partial charge < -0.3 is 28.5 Å². The van der Waals surface area contributed by atoms with E-state index >= 15 is 0 Å². The Morgan fingerprint density at radius 3 is 2.42 bits per heavy atom. The van der Waals surface area contributed by atoms with Gasteiger partial charge in [0.1, 0.15) is 17.6 Å². The zero-order valence-corrected chi connectivity index (χ0v) is 17.8. The lowest BCUT2D eigenvalue weighted by atomic mass is 9.97. The first-order chi connectivity index (χ1) is 15.1. The Bertz CT molecular complexity index is 1100. The summed E-state index contributed by atoms with van der Waals surface area (Å²) in [6.07, 6.45) is 1.42. The first-order valence-electron chi connectivity index (χ1n) is 9.94. The SMILES string of the molecule is COc1ccc(C(=O)c2coc3ccc(O)c(CN4CCOCC4)c23)c(OC)c1OC. The zero-order chi connectivity index (χ0) is 22.0. The van der Waals surface area contributed by atoms with Crippen LogP contribution < -0.4 is 14.2 Å². The molecule has 4 rings (SSSR count). The Morgan fingerprint density at radius 1 is 1.00 bits per heavy atom. The fourth-order valence-electron chi connectivity index (χ4n) is 3.93. The smallest absolute Gasteiger partial charge is 0.204 e. The maximum atomic E-state index is 13.6. The van der Waals surface area contributed by atoms with Crippen LogP contribution >= 0.6 is 0 Å². The topological polar surface area (TPSA) is 90.6 Å². The Balaban J connectivity index is 1.82. The molecule has 0 unspecified atom stereocenters. The summed E-state index contributed by atoms with van der Waals surface area (Å²) in [5.41, 5.74) is 1.84. The van der Waals surface area contributed by atoms with Gasteiger partial charge in [-0.25, -0.2) is 0 Å². The molecule has 1 N–H and O–H groups in total. The van der Waals surface area contributed by atoms with Gasteiger partial charge in [0.15, 0.2) is 11.5 Å². The van der Waals surface area contributed by atoms with Crippen LogP contribution in [0.15, 0.2) is 34.9 Å². The Kier molecular flexibility index (Phi) is 6.01. The highest BCUT2D eigenvalue weighted by atomic mass is 16.5. The second-order valence-corrected chi connectivity index (χ2v) is 7.19. The third-order valence-corrected chi connectivity index (χ3v) is 5.50.